The predicted octanol–water partition coefficient (Wildman–Crippen LogP) is 10.2. The fraction of sp³-hybridized carbons (Fsp3) is 0.938. The predicted molar refractivity (Wildman–Crippen MR) is 164 cm³/mol. The second kappa shape index (κ2) is 42.3. The first-order valence-corrected chi connectivity index (χ1v) is 16.0. The van der Waals surface area contributed by atoms with Crippen LogP contribution in [0.15, 0.2) is 0 Å². The fourth-order valence-corrected chi connectivity index (χ4v) is 4.59. The molecule has 0 aromatic rings. The van der Waals surface area contributed by atoms with Gasteiger partial charge in [-0.05, 0) is 12.8 Å². The summed E-state index contributed by atoms with van der Waals surface area (Å²) in [4.78, 5) is 20.6. The van der Waals surface area contributed by atoms with Gasteiger partial charge in [-0.2, -0.15) is 0 Å². The zero-order valence-corrected chi connectivity index (χ0v) is 28.2. The molecule has 0 heterocycles. The Morgan fingerprint density at radius 3 is 0.684 bits per heavy atom. The van der Waals surface area contributed by atoms with Crippen molar-refractivity contribution in [2.75, 3.05) is 0 Å². The molecule has 0 fully saturated rings. The molecule has 2 N–H and O–H groups in total. The number of hydrogen-bond donors (Lipinski definition) is 2. The number of carboxylic acids is 2. The number of rotatable bonds is 28. The van der Waals surface area contributed by atoms with Crippen molar-refractivity contribution < 1.29 is 39.3 Å². The number of carbonyl (C=O) groups is 2. The molecule has 0 rings (SSSR count). The van der Waals surface area contributed by atoms with E-state index in [9.17, 15) is 9.59 Å². The van der Waals surface area contributed by atoms with E-state index in [1.165, 1.54) is 141 Å². The summed E-state index contributed by atoms with van der Waals surface area (Å²) in [5.74, 6) is -1.31. The van der Waals surface area contributed by atoms with Gasteiger partial charge < -0.3 is 10.2 Å². The molecule has 0 saturated carbocycles. The standard InChI is InChI=1S/C18H36O2.C14H28O2.Ca.Zn.2H/c1-2-3-4-5-6-7-8-9-10-11-12-13-14-15-16-17-18(19)20;1-2-3-4-5-6-7-8-9-10-11-12-13-14(15)16;;;;/h2-17H2,1H3,(H,19,20);2-13H2,1H3,(H,15,16);;;;. The molecule has 6 heteroatoms. The van der Waals surface area contributed by atoms with E-state index in [0.29, 0.717) is 12.8 Å². The number of aliphatic carboxylic acids is 2. The first-order valence-electron chi connectivity index (χ1n) is 16.0. The number of unbranched alkanes of at least 4 members (excludes halogenated alkanes) is 24. The molecule has 0 bridgehead atoms. The van der Waals surface area contributed by atoms with Crippen molar-refractivity contribution in [3.8, 4) is 0 Å². The van der Waals surface area contributed by atoms with Crippen molar-refractivity contribution in [3.63, 3.8) is 0 Å². The Hall–Kier alpha value is 0.823. The van der Waals surface area contributed by atoms with Gasteiger partial charge in [-0.1, -0.05) is 168 Å². The quantitative estimate of drug-likeness (QED) is 0.0675. The topological polar surface area (TPSA) is 74.6 Å². The Labute approximate surface area is 280 Å². The Balaban J connectivity index is -0.000000295. The van der Waals surface area contributed by atoms with Gasteiger partial charge in [0.2, 0.25) is 0 Å². The van der Waals surface area contributed by atoms with E-state index in [2.05, 4.69) is 13.8 Å². The average Bonchev–Trinajstić information content (AvgIpc) is 2.85. The summed E-state index contributed by atoms with van der Waals surface area (Å²) in [5.41, 5.74) is 0. The van der Waals surface area contributed by atoms with E-state index in [4.69, 9.17) is 10.2 Å². The smallest absolute Gasteiger partial charge is 0 e. The molecule has 0 aromatic carbocycles. The first kappa shape index (κ1) is 45.8. The van der Waals surface area contributed by atoms with Crippen LogP contribution in [0.2, 0.25) is 0 Å². The van der Waals surface area contributed by atoms with E-state index in [0.717, 1.165) is 25.7 Å². The summed E-state index contributed by atoms with van der Waals surface area (Å²) in [6.45, 7) is 4.52. The maximum atomic E-state index is 10.3. The minimum Gasteiger partial charge on any atom is 0 e. The Kier molecular flexibility index (Phi) is 51.0. The minimum absolute atomic E-state index is 0. The second-order valence-electron chi connectivity index (χ2n) is 10.8. The summed E-state index contributed by atoms with van der Waals surface area (Å²) in [5, 5.41) is 17.0. The number of carboxylic acid groups (broad SMARTS) is 2. The minimum atomic E-state index is -0.657. The van der Waals surface area contributed by atoms with Crippen LogP contribution < -0.4 is 0 Å². The van der Waals surface area contributed by atoms with E-state index in [-0.39, 0.29) is 57.2 Å². The third-order valence-corrected chi connectivity index (χ3v) is 6.99. The molecule has 222 valence electrons. The average molecular weight is 620 g/mol. The van der Waals surface area contributed by atoms with Crippen LogP contribution in [0.5, 0.6) is 0 Å². The van der Waals surface area contributed by atoms with Gasteiger partial charge in [-0.25, -0.2) is 0 Å². The van der Waals surface area contributed by atoms with Crippen molar-refractivity contribution in [1.29, 1.82) is 0 Å². The molecule has 0 aliphatic carbocycles. The Bertz CT molecular complexity index is 449. The van der Waals surface area contributed by atoms with Crippen molar-refractivity contribution in [1.82, 2.24) is 0 Å². The summed E-state index contributed by atoms with van der Waals surface area (Å²) < 4.78 is 0. The molecular weight excluding hydrogens is 554 g/mol. The van der Waals surface area contributed by atoms with Crippen LogP contribution in [0.1, 0.15) is 194 Å². The van der Waals surface area contributed by atoms with E-state index in [1.807, 2.05) is 0 Å². The molecule has 38 heavy (non-hydrogen) atoms. The van der Waals surface area contributed by atoms with E-state index < -0.39 is 11.9 Å². The summed E-state index contributed by atoms with van der Waals surface area (Å²) in [6.07, 6.45) is 34.6. The molecule has 0 aliphatic heterocycles. The van der Waals surface area contributed by atoms with Crippen LogP contribution in [0.4, 0.5) is 0 Å². The molecule has 0 spiro atoms. The third kappa shape index (κ3) is 49.7. The molecule has 0 amide bonds. The second-order valence-corrected chi connectivity index (χ2v) is 10.8. The monoisotopic (exact) mass is 618 g/mol. The van der Waals surface area contributed by atoms with Crippen LogP contribution in [0.3, 0.4) is 0 Å². The molecule has 4 nitrogen and oxygen atoms in total. The number of hydrogen-bond acceptors (Lipinski definition) is 2. The van der Waals surface area contributed by atoms with Crippen LogP contribution in [0, 0.1) is 0 Å². The third-order valence-electron chi connectivity index (χ3n) is 6.99. The van der Waals surface area contributed by atoms with Gasteiger partial charge >= 0.3 is 49.7 Å². The van der Waals surface area contributed by atoms with Crippen molar-refractivity contribution in [3.05, 3.63) is 0 Å². The van der Waals surface area contributed by atoms with Crippen molar-refractivity contribution >= 4 is 49.7 Å². The molecule has 0 aliphatic rings. The summed E-state index contributed by atoms with van der Waals surface area (Å²) >= 11 is 0. The maximum Gasteiger partial charge on any atom is 0 e. The zero-order valence-electron chi connectivity index (χ0n) is 25.2. The van der Waals surface area contributed by atoms with Crippen molar-refractivity contribution in [2.24, 2.45) is 0 Å². The maximum absolute atomic E-state index is 10.3. The Morgan fingerprint density at radius 2 is 0.526 bits per heavy atom. The summed E-state index contributed by atoms with van der Waals surface area (Å²) in [7, 11) is 0. The van der Waals surface area contributed by atoms with Gasteiger partial charge in [0, 0.05) is 32.3 Å². The summed E-state index contributed by atoms with van der Waals surface area (Å²) in [6, 6.07) is 0. The Morgan fingerprint density at radius 1 is 0.368 bits per heavy atom. The molecular formula is C32H66CaO4Zn. The molecule has 0 saturated heterocycles. The van der Waals surface area contributed by atoms with Gasteiger partial charge in [0.05, 0.1) is 0 Å². The molecule has 0 aromatic heterocycles. The van der Waals surface area contributed by atoms with Crippen LogP contribution >= 0.6 is 0 Å². The van der Waals surface area contributed by atoms with Crippen LogP contribution in [0.25, 0.3) is 0 Å². The van der Waals surface area contributed by atoms with E-state index in [1.54, 1.807) is 0 Å². The van der Waals surface area contributed by atoms with Crippen LogP contribution in [-0.4, -0.2) is 59.9 Å². The van der Waals surface area contributed by atoms with Gasteiger partial charge in [-0.15, -0.1) is 0 Å². The first-order chi connectivity index (χ1) is 17.5. The normalized spacial score (nSPS) is 10.2. The van der Waals surface area contributed by atoms with Gasteiger partial charge in [0.15, 0.2) is 0 Å². The van der Waals surface area contributed by atoms with Crippen LogP contribution in [-0.2, 0) is 29.1 Å². The van der Waals surface area contributed by atoms with Crippen molar-refractivity contribution in [2.45, 2.75) is 194 Å². The zero-order chi connectivity index (χ0) is 27.0. The van der Waals surface area contributed by atoms with Gasteiger partial charge in [0.25, 0.3) is 0 Å². The largest absolute Gasteiger partial charge is 0 e. The molecule has 0 unspecified atom stereocenters. The van der Waals surface area contributed by atoms with Gasteiger partial charge in [0.1, 0.15) is 0 Å². The molecule has 0 atom stereocenters. The van der Waals surface area contributed by atoms with E-state index >= 15 is 0 Å². The van der Waals surface area contributed by atoms with Gasteiger partial charge in [-0.3, -0.25) is 9.59 Å². The fourth-order valence-electron chi connectivity index (χ4n) is 4.59. The molecule has 0 radical (unpaired) electrons. The SMILES string of the molecule is CCCCCCCCCCCCCC(=O)O.CCCCCCCCCCCCCCCCCC(=O)O.[CaH2].[Zn].